The van der Waals surface area contributed by atoms with E-state index in [0.717, 1.165) is 24.3 Å². The molecule has 3 heteroatoms. The van der Waals surface area contributed by atoms with Crippen molar-refractivity contribution in [3.8, 4) is 5.75 Å². The minimum Gasteiger partial charge on any atom is -0.491 e. The Bertz CT molecular complexity index is 297. The standard InChI is InChI=1S/C12H20N2O/c1-9(2)8-15-12-7-14-5-4-11(12)6-10(3)13/h4-5,7,9-10H,6,8,13H2,1-3H3. The highest BCUT2D eigenvalue weighted by atomic mass is 16.5. The first-order valence-corrected chi connectivity index (χ1v) is 5.41. The zero-order valence-electron chi connectivity index (χ0n) is 9.73. The summed E-state index contributed by atoms with van der Waals surface area (Å²) in [6.07, 6.45) is 4.37. The van der Waals surface area contributed by atoms with Crippen LogP contribution < -0.4 is 10.5 Å². The average Bonchev–Trinajstić information content (AvgIpc) is 2.15. The van der Waals surface area contributed by atoms with Crippen LogP contribution in [-0.2, 0) is 6.42 Å². The van der Waals surface area contributed by atoms with E-state index in [2.05, 4.69) is 18.8 Å². The Kier molecular flexibility index (Phi) is 4.56. The molecule has 0 radical (unpaired) electrons. The van der Waals surface area contributed by atoms with Crippen LogP contribution in [-0.4, -0.2) is 17.6 Å². The van der Waals surface area contributed by atoms with Crippen molar-refractivity contribution in [1.29, 1.82) is 0 Å². The van der Waals surface area contributed by atoms with Crippen molar-refractivity contribution in [1.82, 2.24) is 4.98 Å². The minimum absolute atomic E-state index is 0.147. The highest BCUT2D eigenvalue weighted by molar-refractivity contribution is 5.30. The molecule has 3 nitrogen and oxygen atoms in total. The zero-order valence-corrected chi connectivity index (χ0v) is 9.73. The second-order valence-corrected chi connectivity index (χ2v) is 4.37. The van der Waals surface area contributed by atoms with E-state index in [4.69, 9.17) is 10.5 Å². The highest BCUT2D eigenvalue weighted by Crippen LogP contribution is 2.18. The molecule has 0 aliphatic carbocycles. The van der Waals surface area contributed by atoms with Crippen molar-refractivity contribution in [2.45, 2.75) is 33.2 Å². The number of ether oxygens (including phenoxy) is 1. The summed E-state index contributed by atoms with van der Waals surface area (Å²) in [4.78, 5) is 4.06. The average molecular weight is 208 g/mol. The fourth-order valence-electron chi connectivity index (χ4n) is 1.31. The lowest BCUT2D eigenvalue weighted by Gasteiger charge is -2.13. The molecule has 0 fully saturated rings. The quantitative estimate of drug-likeness (QED) is 0.805. The van der Waals surface area contributed by atoms with Crippen molar-refractivity contribution >= 4 is 0 Å². The van der Waals surface area contributed by atoms with Gasteiger partial charge in [-0.25, -0.2) is 0 Å². The summed E-state index contributed by atoms with van der Waals surface area (Å²) in [5.74, 6) is 1.39. The van der Waals surface area contributed by atoms with Crippen LogP contribution in [0.3, 0.4) is 0 Å². The normalized spacial score (nSPS) is 12.9. The number of hydrogen-bond acceptors (Lipinski definition) is 3. The number of pyridine rings is 1. The fraction of sp³-hybridized carbons (Fsp3) is 0.583. The summed E-state index contributed by atoms with van der Waals surface area (Å²) in [6.45, 7) is 6.97. The topological polar surface area (TPSA) is 48.1 Å². The maximum absolute atomic E-state index is 5.77. The summed E-state index contributed by atoms with van der Waals surface area (Å²) in [6, 6.07) is 2.12. The molecule has 1 aromatic heterocycles. The SMILES string of the molecule is CC(C)COc1cnccc1CC(C)N. The van der Waals surface area contributed by atoms with Gasteiger partial charge in [-0.2, -0.15) is 0 Å². The summed E-state index contributed by atoms with van der Waals surface area (Å²) < 4.78 is 5.68. The predicted molar refractivity (Wildman–Crippen MR) is 61.9 cm³/mol. The monoisotopic (exact) mass is 208 g/mol. The third-order valence-electron chi connectivity index (χ3n) is 1.98. The van der Waals surface area contributed by atoms with Gasteiger partial charge in [0.2, 0.25) is 0 Å². The molecule has 0 saturated heterocycles. The Labute approximate surface area is 91.7 Å². The van der Waals surface area contributed by atoms with Crippen LogP contribution in [0.25, 0.3) is 0 Å². The number of aromatic nitrogens is 1. The molecule has 0 amide bonds. The van der Waals surface area contributed by atoms with Crippen molar-refractivity contribution in [3.63, 3.8) is 0 Å². The second kappa shape index (κ2) is 5.71. The van der Waals surface area contributed by atoms with Gasteiger partial charge < -0.3 is 10.5 Å². The molecule has 0 aliphatic rings. The summed E-state index contributed by atoms with van der Waals surface area (Å²) in [7, 11) is 0. The predicted octanol–water partition coefficient (Wildman–Crippen LogP) is 2.01. The van der Waals surface area contributed by atoms with E-state index in [1.165, 1.54) is 0 Å². The van der Waals surface area contributed by atoms with E-state index in [-0.39, 0.29) is 6.04 Å². The Morgan fingerprint density at radius 2 is 2.13 bits per heavy atom. The molecule has 0 aliphatic heterocycles. The highest BCUT2D eigenvalue weighted by Gasteiger charge is 2.06. The maximum Gasteiger partial charge on any atom is 0.140 e. The first-order valence-electron chi connectivity index (χ1n) is 5.41. The molecule has 1 heterocycles. The van der Waals surface area contributed by atoms with E-state index in [0.29, 0.717) is 5.92 Å². The summed E-state index contributed by atoms with van der Waals surface area (Å²) in [5.41, 5.74) is 6.91. The molecule has 0 bridgehead atoms. The van der Waals surface area contributed by atoms with E-state index in [1.54, 1.807) is 12.4 Å². The second-order valence-electron chi connectivity index (χ2n) is 4.37. The van der Waals surface area contributed by atoms with Crippen molar-refractivity contribution in [2.24, 2.45) is 11.7 Å². The molecule has 2 N–H and O–H groups in total. The smallest absolute Gasteiger partial charge is 0.140 e. The van der Waals surface area contributed by atoms with E-state index >= 15 is 0 Å². The molecule has 0 saturated carbocycles. The van der Waals surface area contributed by atoms with Gasteiger partial charge in [0.1, 0.15) is 5.75 Å². The first kappa shape index (κ1) is 12.0. The summed E-state index contributed by atoms with van der Waals surface area (Å²) in [5, 5.41) is 0. The zero-order chi connectivity index (χ0) is 11.3. The van der Waals surface area contributed by atoms with E-state index in [9.17, 15) is 0 Å². The van der Waals surface area contributed by atoms with Gasteiger partial charge in [-0.15, -0.1) is 0 Å². The van der Waals surface area contributed by atoms with Gasteiger partial charge in [-0.05, 0) is 30.9 Å². The van der Waals surface area contributed by atoms with Crippen LogP contribution >= 0.6 is 0 Å². The van der Waals surface area contributed by atoms with Gasteiger partial charge in [0, 0.05) is 12.2 Å². The number of rotatable bonds is 5. The van der Waals surface area contributed by atoms with Crippen LogP contribution in [0.15, 0.2) is 18.5 Å². The van der Waals surface area contributed by atoms with Crippen LogP contribution in [0.2, 0.25) is 0 Å². The molecule has 0 aromatic carbocycles. The Hall–Kier alpha value is -1.09. The van der Waals surface area contributed by atoms with Gasteiger partial charge in [-0.1, -0.05) is 13.8 Å². The molecule has 1 atom stereocenters. The molecule has 1 aromatic rings. The maximum atomic E-state index is 5.77. The summed E-state index contributed by atoms with van der Waals surface area (Å²) >= 11 is 0. The third kappa shape index (κ3) is 4.30. The molecular formula is C12H20N2O. The Morgan fingerprint density at radius 1 is 1.40 bits per heavy atom. The molecule has 0 spiro atoms. The van der Waals surface area contributed by atoms with E-state index in [1.807, 2.05) is 13.0 Å². The van der Waals surface area contributed by atoms with E-state index < -0.39 is 0 Å². The van der Waals surface area contributed by atoms with Gasteiger partial charge in [-0.3, -0.25) is 4.98 Å². The van der Waals surface area contributed by atoms with Crippen LogP contribution in [0.5, 0.6) is 5.75 Å². The first-order chi connectivity index (χ1) is 7.09. The minimum atomic E-state index is 0.147. The van der Waals surface area contributed by atoms with Gasteiger partial charge in [0.15, 0.2) is 0 Å². The number of hydrogen-bond donors (Lipinski definition) is 1. The van der Waals surface area contributed by atoms with Crippen molar-refractivity contribution < 1.29 is 4.74 Å². The molecule has 15 heavy (non-hydrogen) atoms. The lowest BCUT2D eigenvalue weighted by atomic mass is 10.1. The number of nitrogens with two attached hydrogens (primary N) is 1. The van der Waals surface area contributed by atoms with Gasteiger partial charge in [0.25, 0.3) is 0 Å². The third-order valence-corrected chi connectivity index (χ3v) is 1.98. The Balaban J connectivity index is 2.68. The van der Waals surface area contributed by atoms with Crippen molar-refractivity contribution in [3.05, 3.63) is 24.0 Å². The molecule has 84 valence electrons. The van der Waals surface area contributed by atoms with Gasteiger partial charge >= 0.3 is 0 Å². The lowest BCUT2D eigenvalue weighted by Crippen LogP contribution is -2.18. The van der Waals surface area contributed by atoms with Gasteiger partial charge in [0.05, 0.1) is 12.8 Å². The largest absolute Gasteiger partial charge is 0.491 e. The number of nitrogens with zero attached hydrogens (tertiary/aromatic N) is 1. The fourth-order valence-corrected chi connectivity index (χ4v) is 1.31. The van der Waals surface area contributed by atoms with Crippen LogP contribution in [0.4, 0.5) is 0 Å². The molecule has 1 rings (SSSR count). The van der Waals surface area contributed by atoms with Crippen molar-refractivity contribution in [2.75, 3.05) is 6.61 Å². The lowest BCUT2D eigenvalue weighted by molar-refractivity contribution is 0.267. The molecule has 1 unspecified atom stereocenters. The van der Waals surface area contributed by atoms with Crippen LogP contribution in [0.1, 0.15) is 26.3 Å². The molecular weight excluding hydrogens is 188 g/mol. The van der Waals surface area contributed by atoms with Crippen LogP contribution in [0, 0.1) is 5.92 Å². The Morgan fingerprint density at radius 3 is 2.73 bits per heavy atom.